The predicted octanol–water partition coefficient (Wildman–Crippen LogP) is 8.10. The Hall–Kier alpha value is -4.66. The monoisotopic (exact) mass is 765 g/mol. The first-order chi connectivity index (χ1) is 21.2. The number of nitrogens with one attached hydrogen (secondary N) is 2. The molecule has 0 atom stereocenters. The third-order valence-electron chi connectivity index (χ3n) is 7.09. The number of rotatable bonds is 3. The van der Waals surface area contributed by atoms with Crippen LogP contribution in [0.1, 0.15) is 22.8 Å². The smallest absolute Gasteiger partial charge is 0.0659 e. The summed E-state index contributed by atoms with van der Waals surface area (Å²) in [7, 11) is -0.446. The summed E-state index contributed by atoms with van der Waals surface area (Å²) < 4.78 is 0. The molecular weight excluding hydrogens is 736 g/mol. The zero-order chi connectivity index (χ0) is 28.8. The summed E-state index contributed by atoms with van der Waals surface area (Å²) in [6.07, 6.45) is 8.05. The van der Waals surface area contributed by atoms with Crippen molar-refractivity contribution in [2.75, 3.05) is 0 Å². The standard InChI is InChI=1S/C20H14N4.C18H15P.Ir/c1-2-14-10-16-5-6-18(23-16)12-20-8-7-19(24-20)11-17-4-3-15(22-17)9-13(1)21-14;1-4-10-16(11-5-1)19(17-12-6-2-7-13-17)18-14-8-3-9-15-18;/h1-12,21-22H;1-15H;. The van der Waals surface area contributed by atoms with E-state index in [1.165, 1.54) is 15.9 Å². The summed E-state index contributed by atoms with van der Waals surface area (Å²) in [6, 6.07) is 48.7. The fraction of sp³-hybridized carbons (Fsp3) is 0. The minimum atomic E-state index is -0.446. The summed E-state index contributed by atoms with van der Waals surface area (Å²) in [4.78, 5) is 16.0. The molecule has 215 valence electrons. The summed E-state index contributed by atoms with van der Waals surface area (Å²) in [5.74, 6) is 0. The Morgan fingerprint density at radius 1 is 0.364 bits per heavy atom. The average molecular weight is 765 g/mol. The van der Waals surface area contributed by atoms with Crippen LogP contribution in [-0.2, 0) is 20.1 Å². The maximum absolute atomic E-state index is 4.62. The SMILES string of the molecule is C1=Cc2cc3ccc(cc4ccc(cc5nc(cc1n2)C=C5)[nH]4)[nH]3.[Ir].c1ccc(P(c2ccccc2)c2ccccc2)cc1. The number of fused-ring (bicyclic) bond motifs is 8. The molecule has 6 heteroatoms. The fourth-order valence-electron chi connectivity index (χ4n) is 5.12. The molecular formula is C38H29IrN4P. The number of H-pyrrole nitrogens is 2. The van der Waals surface area contributed by atoms with Gasteiger partial charge in [-0.3, -0.25) is 0 Å². The second kappa shape index (κ2) is 13.8. The van der Waals surface area contributed by atoms with E-state index < -0.39 is 7.92 Å². The Bertz CT molecular complexity index is 1900. The van der Waals surface area contributed by atoms with Crippen molar-refractivity contribution in [2.45, 2.75) is 0 Å². The third-order valence-corrected chi connectivity index (χ3v) is 9.53. The van der Waals surface area contributed by atoms with Crippen molar-refractivity contribution in [3.8, 4) is 0 Å². The Kier molecular flexibility index (Phi) is 9.19. The molecule has 0 saturated heterocycles. The fourth-order valence-corrected chi connectivity index (χ4v) is 7.43. The molecule has 2 aliphatic heterocycles. The van der Waals surface area contributed by atoms with Crippen LogP contribution in [0.15, 0.2) is 140 Å². The topological polar surface area (TPSA) is 57.4 Å². The molecule has 0 aliphatic carbocycles. The quantitative estimate of drug-likeness (QED) is 0.179. The van der Waals surface area contributed by atoms with Crippen LogP contribution in [0.3, 0.4) is 0 Å². The summed E-state index contributed by atoms with van der Waals surface area (Å²) in [5, 5.41) is 4.19. The van der Waals surface area contributed by atoms with Crippen LogP contribution >= 0.6 is 7.92 Å². The van der Waals surface area contributed by atoms with Gasteiger partial charge in [0.05, 0.1) is 22.8 Å². The molecule has 44 heavy (non-hydrogen) atoms. The number of benzene rings is 3. The van der Waals surface area contributed by atoms with Crippen LogP contribution in [-0.4, -0.2) is 19.9 Å². The van der Waals surface area contributed by atoms with E-state index in [1.807, 2.05) is 42.5 Å². The van der Waals surface area contributed by atoms with Gasteiger partial charge in [0.15, 0.2) is 0 Å². The van der Waals surface area contributed by atoms with Crippen molar-refractivity contribution < 1.29 is 20.1 Å². The summed E-state index contributed by atoms with van der Waals surface area (Å²) in [6.45, 7) is 0. The zero-order valence-corrected chi connectivity index (χ0v) is 27.1. The van der Waals surface area contributed by atoms with E-state index in [1.54, 1.807) is 0 Å². The third kappa shape index (κ3) is 7.10. The van der Waals surface area contributed by atoms with Gasteiger partial charge in [-0.15, -0.1) is 0 Å². The molecule has 4 nitrogen and oxygen atoms in total. The Morgan fingerprint density at radius 3 is 1.05 bits per heavy atom. The Morgan fingerprint density at radius 2 is 0.682 bits per heavy atom. The number of hydrogen-bond donors (Lipinski definition) is 2. The van der Waals surface area contributed by atoms with Crippen molar-refractivity contribution in [1.82, 2.24) is 19.9 Å². The number of aromatic amines is 2. The van der Waals surface area contributed by atoms with Gasteiger partial charge in [-0.05, 0) is 96.7 Å². The van der Waals surface area contributed by atoms with Gasteiger partial charge in [0.1, 0.15) is 0 Å². The molecule has 6 aromatic rings. The van der Waals surface area contributed by atoms with Gasteiger partial charge in [-0.1, -0.05) is 91.0 Å². The van der Waals surface area contributed by atoms with E-state index in [4.69, 9.17) is 0 Å². The van der Waals surface area contributed by atoms with Gasteiger partial charge in [-0.2, -0.15) is 0 Å². The molecule has 5 heterocycles. The molecule has 8 bridgehead atoms. The number of hydrogen-bond acceptors (Lipinski definition) is 2. The van der Waals surface area contributed by atoms with Crippen LogP contribution in [0.4, 0.5) is 0 Å². The van der Waals surface area contributed by atoms with Crippen molar-refractivity contribution >= 4 is 70.2 Å². The van der Waals surface area contributed by atoms with Crippen LogP contribution in [0.25, 0.3) is 46.4 Å². The van der Waals surface area contributed by atoms with Crippen LogP contribution in [0.5, 0.6) is 0 Å². The van der Waals surface area contributed by atoms with E-state index >= 15 is 0 Å². The maximum Gasteiger partial charge on any atom is 0.0659 e. The first-order valence-electron chi connectivity index (χ1n) is 14.2. The molecule has 0 unspecified atom stereocenters. The van der Waals surface area contributed by atoms with Crippen molar-refractivity contribution in [1.29, 1.82) is 0 Å². The van der Waals surface area contributed by atoms with Gasteiger partial charge < -0.3 is 9.97 Å². The van der Waals surface area contributed by atoms with Crippen molar-refractivity contribution in [3.63, 3.8) is 0 Å². The molecule has 0 spiro atoms. The molecule has 2 N–H and O–H groups in total. The molecule has 3 aromatic carbocycles. The van der Waals surface area contributed by atoms with Crippen LogP contribution < -0.4 is 15.9 Å². The second-order valence-electron chi connectivity index (χ2n) is 10.2. The zero-order valence-electron chi connectivity index (χ0n) is 23.8. The average Bonchev–Trinajstić information content (AvgIpc) is 3.86. The minimum Gasteiger partial charge on any atom is -0.355 e. The number of aromatic nitrogens is 4. The predicted molar refractivity (Wildman–Crippen MR) is 184 cm³/mol. The van der Waals surface area contributed by atoms with E-state index in [-0.39, 0.29) is 20.1 Å². The van der Waals surface area contributed by atoms with E-state index in [0.717, 1.165) is 44.8 Å². The molecule has 0 fully saturated rings. The molecule has 0 amide bonds. The first-order valence-corrected chi connectivity index (χ1v) is 15.6. The van der Waals surface area contributed by atoms with Crippen LogP contribution in [0.2, 0.25) is 0 Å². The van der Waals surface area contributed by atoms with Crippen LogP contribution in [0, 0.1) is 0 Å². The van der Waals surface area contributed by atoms with Gasteiger partial charge >= 0.3 is 0 Å². The molecule has 0 saturated carbocycles. The van der Waals surface area contributed by atoms with Crippen molar-refractivity contribution in [2.24, 2.45) is 0 Å². The molecule has 1 radical (unpaired) electrons. The minimum absolute atomic E-state index is 0. The molecule has 8 rings (SSSR count). The van der Waals surface area contributed by atoms with Gasteiger partial charge in [0.2, 0.25) is 0 Å². The van der Waals surface area contributed by atoms with Crippen molar-refractivity contribution in [3.05, 3.63) is 162 Å². The largest absolute Gasteiger partial charge is 0.355 e. The second-order valence-corrected chi connectivity index (χ2v) is 12.5. The Labute approximate surface area is 271 Å². The number of nitrogens with zero attached hydrogens (tertiary/aromatic N) is 2. The van der Waals surface area contributed by atoms with E-state index in [2.05, 4.69) is 141 Å². The van der Waals surface area contributed by atoms with Gasteiger partial charge in [0.25, 0.3) is 0 Å². The first kappa shape index (κ1) is 29.4. The van der Waals surface area contributed by atoms with E-state index in [0.29, 0.717) is 0 Å². The molecule has 3 aromatic heterocycles. The molecule has 2 aliphatic rings. The van der Waals surface area contributed by atoms with Gasteiger partial charge in [-0.25, -0.2) is 9.97 Å². The summed E-state index contributed by atoms with van der Waals surface area (Å²) >= 11 is 0. The maximum atomic E-state index is 4.62. The normalized spacial score (nSPS) is 11.5. The Balaban J connectivity index is 0.000000157. The van der Waals surface area contributed by atoms with E-state index in [9.17, 15) is 0 Å². The summed E-state index contributed by atoms with van der Waals surface area (Å²) in [5.41, 5.74) is 7.86. The van der Waals surface area contributed by atoms with Gasteiger partial charge in [0, 0.05) is 42.2 Å².